The van der Waals surface area contributed by atoms with Crippen LogP contribution in [0.3, 0.4) is 0 Å². The maximum Gasteiger partial charge on any atom is 0.238 e. The average molecular weight is 372 g/mol. The first kappa shape index (κ1) is 20.5. The maximum absolute atomic E-state index is 12.3. The van der Waals surface area contributed by atoms with Gasteiger partial charge in [0, 0.05) is 11.7 Å². The number of carbonyl (C=O) groups excluding carboxylic acids is 1. The Morgan fingerprint density at radius 2 is 1.77 bits per heavy atom. The molecule has 0 aliphatic heterocycles. The lowest BCUT2D eigenvalue weighted by Gasteiger charge is -2.26. The molecule has 2 N–H and O–H groups in total. The van der Waals surface area contributed by atoms with Crippen LogP contribution >= 0.6 is 0 Å². The van der Waals surface area contributed by atoms with Crippen molar-refractivity contribution in [3.05, 3.63) is 65.2 Å². The molecule has 2 aromatic rings. The van der Waals surface area contributed by atoms with E-state index in [0.717, 1.165) is 18.5 Å². The van der Waals surface area contributed by atoms with Crippen molar-refractivity contribution in [1.29, 1.82) is 0 Å². The second-order valence-electron chi connectivity index (χ2n) is 7.90. The average Bonchev–Trinajstić information content (AvgIpc) is 2.59. The van der Waals surface area contributed by atoms with Gasteiger partial charge < -0.3 is 23.0 Å². The number of fused-ring (bicyclic) bond motifs is 1. The molecule has 0 saturated heterocycles. The molecule has 2 aromatic carbocycles. The molecule has 0 fully saturated rings. The van der Waals surface area contributed by atoms with Gasteiger partial charge >= 0.3 is 0 Å². The van der Waals surface area contributed by atoms with Crippen molar-refractivity contribution in [2.45, 2.75) is 51.5 Å². The van der Waals surface area contributed by atoms with Crippen molar-refractivity contribution in [3.63, 3.8) is 0 Å². The molecular formula is C22H28ClN2O-. The Labute approximate surface area is 163 Å². The number of benzene rings is 2. The summed E-state index contributed by atoms with van der Waals surface area (Å²) in [5.74, 6) is 0.00608. The molecular weight excluding hydrogens is 344 g/mol. The number of aryl methyl sites for hydroxylation is 1. The molecule has 0 aromatic heterocycles. The lowest BCUT2D eigenvalue weighted by atomic mass is 9.87. The molecule has 1 aliphatic carbocycles. The van der Waals surface area contributed by atoms with E-state index in [4.69, 9.17) is 0 Å². The van der Waals surface area contributed by atoms with Crippen LogP contribution in [0.2, 0.25) is 0 Å². The molecule has 4 heteroatoms. The number of nitrogens with one attached hydrogen (secondary N) is 2. The standard InChI is InChI=1S/C22H28N2O.ClH/c1-22(2,3)17-11-13-18(14-12-17)24-21(25)15-23-20-10-6-8-16-7-4-5-9-19(16)20;/h4-5,7,9,11-14,20,23H,6,8,10,15H2,1-3H3,(H,24,25);1H/p-1. The van der Waals surface area contributed by atoms with E-state index in [1.807, 2.05) is 12.1 Å². The smallest absolute Gasteiger partial charge is 0.238 e. The number of rotatable bonds is 4. The highest BCUT2D eigenvalue weighted by atomic mass is 35.5. The Morgan fingerprint density at radius 1 is 1.08 bits per heavy atom. The van der Waals surface area contributed by atoms with Crippen LogP contribution in [0.25, 0.3) is 0 Å². The van der Waals surface area contributed by atoms with Crippen molar-refractivity contribution >= 4 is 11.6 Å². The molecule has 140 valence electrons. The Balaban J connectivity index is 0.00000243. The van der Waals surface area contributed by atoms with Crippen LogP contribution in [0, 0.1) is 0 Å². The van der Waals surface area contributed by atoms with Crippen molar-refractivity contribution in [3.8, 4) is 0 Å². The number of hydrogen-bond donors (Lipinski definition) is 2. The van der Waals surface area contributed by atoms with E-state index >= 15 is 0 Å². The molecule has 1 atom stereocenters. The Bertz CT molecular complexity index is 735. The zero-order valence-corrected chi connectivity index (χ0v) is 16.6. The zero-order valence-electron chi connectivity index (χ0n) is 15.8. The molecule has 0 heterocycles. The molecule has 3 nitrogen and oxygen atoms in total. The molecule has 0 bridgehead atoms. The summed E-state index contributed by atoms with van der Waals surface area (Å²) in [7, 11) is 0. The van der Waals surface area contributed by atoms with Crippen molar-refractivity contribution in [1.82, 2.24) is 5.32 Å². The third-order valence-electron chi connectivity index (χ3n) is 4.91. The predicted molar refractivity (Wildman–Crippen MR) is 104 cm³/mol. The molecule has 26 heavy (non-hydrogen) atoms. The van der Waals surface area contributed by atoms with Crippen LogP contribution < -0.4 is 23.0 Å². The first-order valence-electron chi connectivity index (χ1n) is 9.15. The van der Waals surface area contributed by atoms with Crippen molar-refractivity contribution in [2.75, 3.05) is 11.9 Å². The third kappa shape index (κ3) is 5.09. The first-order chi connectivity index (χ1) is 11.9. The normalized spacial score (nSPS) is 16.3. The summed E-state index contributed by atoms with van der Waals surface area (Å²) in [5.41, 5.74) is 4.99. The Hall–Kier alpha value is -1.84. The molecule has 3 rings (SSSR count). The first-order valence-corrected chi connectivity index (χ1v) is 9.15. The number of hydrogen-bond acceptors (Lipinski definition) is 2. The molecule has 0 saturated carbocycles. The summed E-state index contributed by atoms with van der Waals surface area (Å²) in [5, 5.41) is 6.40. The minimum atomic E-state index is 0. The summed E-state index contributed by atoms with van der Waals surface area (Å²) >= 11 is 0. The van der Waals surface area contributed by atoms with Crippen LogP contribution in [0.5, 0.6) is 0 Å². The number of halogens is 1. The largest absolute Gasteiger partial charge is 1.00 e. The van der Waals surface area contributed by atoms with Gasteiger partial charge in [0.2, 0.25) is 5.91 Å². The summed E-state index contributed by atoms with van der Waals surface area (Å²) < 4.78 is 0. The van der Waals surface area contributed by atoms with Gasteiger partial charge in [-0.2, -0.15) is 0 Å². The van der Waals surface area contributed by atoms with E-state index in [1.165, 1.54) is 23.1 Å². The van der Waals surface area contributed by atoms with E-state index in [9.17, 15) is 4.79 Å². The molecule has 1 unspecified atom stereocenters. The minimum Gasteiger partial charge on any atom is -1.00 e. The summed E-state index contributed by atoms with van der Waals surface area (Å²) in [6.45, 7) is 6.89. The van der Waals surface area contributed by atoms with Gasteiger partial charge in [-0.1, -0.05) is 57.2 Å². The molecule has 1 aliphatic rings. The fraction of sp³-hybridized carbons (Fsp3) is 0.409. The fourth-order valence-corrected chi connectivity index (χ4v) is 3.44. The lowest BCUT2D eigenvalue weighted by molar-refractivity contribution is -0.115. The quantitative estimate of drug-likeness (QED) is 0.857. The molecule has 0 spiro atoms. The van der Waals surface area contributed by atoms with E-state index < -0.39 is 0 Å². The van der Waals surface area contributed by atoms with Crippen LogP contribution in [-0.2, 0) is 16.6 Å². The maximum atomic E-state index is 12.3. The SMILES string of the molecule is CC(C)(C)c1ccc(NC(=O)CNC2CCCc3ccccc32)cc1.[Cl-]. The highest BCUT2D eigenvalue weighted by Gasteiger charge is 2.20. The summed E-state index contributed by atoms with van der Waals surface area (Å²) in [6.07, 6.45) is 3.40. The van der Waals surface area contributed by atoms with Gasteiger partial charge in [-0.05, 0) is 53.5 Å². The van der Waals surface area contributed by atoms with E-state index in [-0.39, 0.29) is 29.8 Å². The Kier molecular flexibility index (Phi) is 6.85. The number of anilines is 1. The van der Waals surface area contributed by atoms with Crippen LogP contribution in [-0.4, -0.2) is 12.5 Å². The van der Waals surface area contributed by atoms with Crippen LogP contribution in [0.1, 0.15) is 56.3 Å². The van der Waals surface area contributed by atoms with E-state index in [0.29, 0.717) is 6.54 Å². The van der Waals surface area contributed by atoms with Crippen molar-refractivity contribution in [2.24, 2.45) is 0 Å². The third-order valence-corrected chi connectivity index (χ3v) is 4.91. The molecule has 1 amide bonds. The van der Waals surface area contributed by atoms with Gasteiger partial charge in [0.1, 0.15) is 0 Å². The summed E-state index contributed by atoms with van der Waals surface area (Å²) in [4.78, 5) is 12.3. The van der Waals surface area contributed by atoms with Gasteiger partial charge in [0.05, 0.1) is 6.54 Å². The predicted octanol–water partition coefficient (Wildman–Crippen LogP) is 1.59. The van der Waals surface area contributed by atoms with E-state index in [1.54, 1.807) is 0 Å². The topological polar surface area (TPSA) is 41.1 Å². The highest BCUT2D eigenvalue weighted by molar-refractivity contribution is 5.92. The van der Waals surface area contributed by atoms with Crippen LogP contribution in [0.15, 0.2) is 48.5 Å². The number of carbonyl (C=O) groups is 1. The second kappa shape index (κ2) is 8.70. The fourth-order valence-electron chi connectivity index (χ4n) is 3.44. The number of amides is 1. The monoisotopic (exact) mass is 371 g/mol. The van der Waals surface area contributed by atoms with Gasteiger partial charge in [-0.3, -0.25) is 4.79 Å². The van der Waals surface area contributed by atoms with Crippen LogP contribution in [0.4, 0.5) is 5.69 Å². The lowest BCUT2D eigenvalue weighted by Crippen LogP contribution is -3.00. The Morgan fingerprint density at radius 3 is 2.46 bits per heavy atom. The van der Waals surface area contributed by atoms with E-state index in [2.05, 4.69) is 67.8 Å². The van der Waals surface area contributed by atoms with Gasteiger partial charge in [0.25, 0.3) is 0 Å². The second-order valence-corrected chi connectivity index (χ2v) is 7.90. The van der Waals surface area contributed by atoms with Crippen molar-refractivity contribution < 1.29 is 17.2 Å². The van der Waals surface area contributed by atoms with Gasteiger partial charge in [-0.15, -0.1) is 0 Å². The summed E-state index contributed by atoms with van der Waals surface area (Å²) in [6, 6.07) is 16.9. The molecule has 0 radical (unpaired) electrons. The van der Waals surface area contributed by atoms with Gasteiger partial charge in [0.15, 0.2) is 0 Å². The zero-order chi connectivity index (χ0) is 17.9. The minimum absolute atomic E-state index is 0. The highest BCUT2D eigenvalue weighted by Crippen LogP contribution is 2.29. The van der Waals surface area contributed by atoms with Gasteiger partial charge in [-0.25, -0.2) is 0 Å².